The van der Waals surface area contributed by atoms with Crippen molar-refractivity contribution >= 4 is 44.0 Å². The van der Waals surface area contributed by atoms with Crippen molar-refractivity contribution in [3.63, 3.8) is 0 Å². The maximum absolute atomic E-state index is 5.36. The molecule has 0 unspecified atom stereocenters. The molecule has 0 bridgehead atoms. The molecule has 1 heterocycles. The van der Waals surface area contributed by atoms with E-state index in [4.69, 9.17) is 4.74 Å². The Morgan fingerprint density at radius 1 is 1.38 bits per heavy atom. The van der Waals surface area contributed by atoms with Crippen molar-refractivity contribution < 1.29 is 4.74 Å². The fraction of sp³-hybridized carbons (Fsp3) is 0.200. The monoisotopic (exact) mass is 304 g/mol. The summed E-state index contributed by atoms with van der Waals surface area (Å²) in [5.41, 5.74) is 0. The van der Waals surface area contributed by atoms with Gasteiger partial charge in [-0.2, -0.15) is 0 Å². The van der Waals surface area contributed by atoms with E-state index in [0.29, 0.717) is 0 Å². The SMILES string of the molecule is COc1c(C)sc2ccc(I)cc12. The highest BCUT2D eigenvalue weighted by molar-refractivity contribution is 14.1. The number of methoxy groups -OCH3 is 1. The third kappa shape index (κ3) is 1.55. The second kappa shape index (κ2) is 3.46. The van der Waals surface area contributed by atoms with Gasteiger partial charge in [0, 0.05) is 18.5 Å². The summed E-state index contributed by atoms with van der Waals surface area (Å²) in [6, 6.07) is 6.44. The van der Waals surface area contributed by atoms with Gasteiger partial charge in [-0.1, -0.05) is 0 Å². The Kier molecular flexibility index (Phi) is 2.47. The Labute approximate surface area is 94.9 Å². The Bertz CT molecular complexity index is 447. The van der Waals surface area contributed by atoms with Crippen molar-refractivity contribution in [3.05, 3.63) is 26.6 Å². The molecule has 1 aromatic carbocycles. The van der Waals surface area contributed by atoms with Crippen LogP contribution in [-0.4, -0.2) is 7.11 Å². The zero-order chi connectivity index (χ0) is 9.42. The summed E-state index contributed by atoms with van der Waals surface area (Å²) < 4.78 is 7.91. The topological polar surface area (TPSA) is 9.23 Å². The van der Waals surface area contributed by atoms with Gasteiger partial charge < -0.3 is 4.74 Å². The molecule has 2 rings (SSSR count). The van der Waals surface area contributed by atoms with E-state index in [0.717, 1.165) is 5.75 Å². The molecule has 0 atom stereocenters. The van der Waals surface area contributed by atoms with E-state index < -0.39 is 0 Å². The van der Waals surface area contributed by atoms with Gasteiger partial charge in [0.1, 0.15) is 5.75 Å². The van der Waals surface area contributed by atoms with Gasteiger partial charge in [-0.3, -0.25) is 0 Å². The van der Waals surface area contributed by atoms with Crippen molar-refractivity contribution in [1.29, 1.82) is 0 Å². The van der Waals surface area contributed by atoms with Gasteiger partial charge in [-0.25, -0.2) is 0 Å². The molecule has 0 N–H and O–H groups in total. The highest BCUT2D eigenvalue weighted by atomic mass is 127. The van der Waals surface area contributed by atoms with Gasteiger partial charge in [-0.15, -0.1) is 11.3 Å². The molecule has 1 aromatic heterocycles. The first kappa shape index (κ1) is 9.27. The number of rotatable bonds is 1. The Hall–Kier alpha value is -0.290. The summed E-state index contributed by atoms with van der Waals surface area (Å²) in [5.74, 6) is 1.03. The predicted molar refractivity (Wildman–Crippen MR) is 65.8 cm³/mol. The average Bonchev–Trinajstić information content (AvgIpc) is 2.40. The second-order valence-corrected chi connectivity index (χ2v) is 5.33. The maximum Gasteiger partial charge on any atom is 0.140 e. The molecule has 0 fully saturated rings. The van der Waals surface area contributed by atoms with Crippen LogP contribution in [0.2, 0.25) is 0 Å². The molecule has 3 heteroatoms. The molecule has 0 aliphatic rings. The van der Waals surface area contributed by atoms with Gasteiger partial charge >= 0.3 is 0 Å². The van der Waals surface area contributed by atoms with Crippen LogP contribution in [0.3, 0.4) is 0 Å². The third-order valence-electron chi connectivity index (χ3n) is 1.97. The summed E-state index contributed by atoms with van der Waals surface area (Å²) in [6.45, 7) is 2.09. The Morgan fingerprint density at radius 3 is 2.85 bits per heavy atom. The number of hydrogen-bond donors (Lipinski definition) is 0. The molecule has 0 amide bonds. The number of hydrogen-bond acceptors (Lipinski definition) is 2. The Balaban J connectivity index is 2.80. The van der Waals surface area contributed by atoms with Gasteiger partial charge in [0.25, 0.3) is 0 Å². The fourth-order valence-corrected chi connectivity index (χ4v) is 2.93. The standard InChI is InChI=1S/C10H9IOS/c1-6-10(12-2)8-5-7(11)3-4-9(8)13-6/h3-5H,1-2H3. The molecular formula is C10H9IOS. The van der Waals surface area contributed by atoms with Crippen LogP contribution in [0.25, 0.3) is 10.1 Å². The summed E-state index contributed by atoms with van der Waals surface area (Å²) in [7, 11) is 1.73. The number of aryl methyl sites for hydroxylation is 1. The van der Waals surface area contributed by atoms with E-state index >= 15 is 0 Å². The number of halogens is 1. The lowest BCUT2D eigenvalue weighted by atomic mass is 10.2. The number of thiophene rings is 1. The first-order valence-electron chi connectivity index (χ1n) is 3.95. The summed E-state index contributed by atoms with van der Waals surface area (Å²) in [5, 5.41) is 1.23. The highest BCUT2D eigenvalue weighted by Crippen LogP contribution is 2.37. The molecule has 0 radical (unpaired) electrons. The normalized spacial score (nSPS) is 10.7. The van der Waals surface area contributed by atoms with Gasteiger partial charge in [0.2, 0.25) is 0 Å². The quantitative estimate of drug-likeness (QED) is 0.728. The van der Waals surface area contributed by atoms with E-state index in [1.807, 2.05) is 0 Å². The van der Waals surface area contributed by atoms with E-state index in [9.17, 15) is 0 Å². The molecule has 0 spiro atoms. The van der Waals surface area contributed by atoms with Crippen molar-refractivity contribution in [3.8, 4) is 5.75 Å². The van der Waals surface area contributed by atoms with Crippen LogP contribution in [0.4, 0.5) is 0 Å². The average molecular weight is 304 g/mol. The van der Waals surface area contributed by atoms with Crippen molar-refractivity contribution in [1.82, 2.24) is 0 Å². The molecular weight excluding hydrogens is 295 g/mol. The molecule has 1 nitrogen and oxygen atoms in total. The number of ether oxygens (including phenoxy) is 1. The minimum Gasteiger partial charge on any atom is -0.495 e. The lowest BCUT2D eigenvalue weighted by Gasteiger charge is -1.98. The molecule has 0 aliphatic carbocycles. The van der Waals surface area contributed by atoms with Crippen LogP contribution >= 0.6 is 33.9 Å². The first-order chi connectivity index (χ1) is 6.22. The lowest BCUT2D eigenvalue weighted by Crippen LogP contribution is -1.82. The van der Waals surface area contributed by atoms with Gasteiger partial charge in [0.15, 0.2) is 0 Å². The molecule has 68 valence electrons. The molecule has 0 saturated carbocycles. The summed E-state index contributed by atoms with van der Waals surface area (Å²) >= 11 is 4.10. The van der Waals surface area contributed by atoms with Gasteiger partial charge in [0.05, 0.1) is 7.11 Å². The zero-order valence-electron chi connectivity index (χ0n) is 7.43. The van der Waals surface area contributed by atoms with E-state index in [1.54, 1.807) is 18.4 Å². The smallest absolute Gasteiger partial charge is 0.140 e. The van der Waals surface area contributed by atoms with E-state index in [-0.39, 0.29) is 0 Å². The minimum atomic E-state index is 1.03. The van der Waals surface area contributed by atoms with E-state index in [2.05, 4.69) is 47.7 Å². The van der Waals surface area contributed by atoms with Crippen molar-refractivity contribution in [2.24, 2.45) is 0 Å². The van der Waals surface area contributed by atoms with Gasteiger partial charge in [-0.05, 0) is 47.7 Å². The molecule has 0 aliphatic heterocycles. The predicted octanol–water partition coefficient (Wildman–Crippen LogP) is 3.82. The summed E-state index contributed by atoms with van der Waals surface area (Å²) in [4.78, 5) is 1.25. The van der Waals surface area contributed by atoms with Crippen LogP contribution in [0.15, 0.2) is 18.2 Å². The first-order valence-corrected chi connectivity index (χ1v) is 5.84. The lowest BCUT2D eigenvalue weighted by molar-refractivity contribution is 0.418. The van der Waals surface area contributed by atoms with Crippen LogP contribution < -0.4 is 4.74 Å². The third-order valence-corrected chi connectivity index (χ3v) is 3.71. The number of benzene rings is 1. The van der Waals surface area contributed by atoms with Crippen LogP contribution in [0, 0.1) is 10.5 Å². The van der Waals surface area contributed by atoms with Crippen molar-refractivity contribution in [2.75, 3.05) is 7.11 Å². The van der Waals surface area contributed by atoms with Crippen LogP contribution in [-0.2, 0) is 0 Å². The molecule has 2 aromatic rings. The molecule has 0 saturated heterocycles. The van der Waals surface area contributed by atoms with Crippen LogP contribution in [0.1, 0.15) is 4.88 Å². The highest BCUT2D eigenvalue weighted by Gasteiger charge is 2.08. The fourth-order valence-electron chi connectivity index (χ4n) is 1.42. The van der Waals surface area contributed by atoms with E-state index in [1.165, 1.54) is 18.5 Å². The number of fused-ring (bicyclic) bond motifs is 1. The van der Waals surface area contributed by atoms with Crippen molar-refractivity contribution in [2.45, 2.75) is 6.92 Å². The summed E-state index contributed by atoms with van der Waals surface area (Å²) in [6.07, 6.45) is 0. The zero-order valence-corrected chi connectivity index (χ0v) is 10.4. The molecule has 13 heavy (non-hydrogen) atoms. The maximum atomic E-state index is 5.36. The van der Waals surface area contributed by atoms with Crippen LogP contribution in [0.5, 0.6) is 5.75 Å². The second-order valence-electron chi connectivity index (χ2n) is 2.83. The minimum absolute atomic E-state index is 1.03. The largest absolute Gasteiger partial charge is 0.495 e. The Morgan fingerprint density at radius 2 is 2.15 bits per heavy atom.